The number of halogens is 2. The molecule has 0 aliphatic carbocycles. The molecule has 0 spiro atoms. The number of nitro groups is 1. The fourth-order valence-electron chi connectivity index (χ4n) is 1.68. The van der Waals surface area contributed by atoms with E-state index in [1.54, 1.807) is 0 Å². The number of non-ortho nitro benzene ring substituents is 1. The Morgan fingerprint density at radius 3 is 2.79 bits per heavy atom. The van der Waals surface area contributed by atoms with Crippen molar-refractivity contribution >= 4 is 5.69 Å². The van der Waals surface area contributed by atoms with Gasteiger partial charge < -0.3 is 14.2 Å². The Balaban J connectivity index is 2.23. The van der Waals surface area contributed by atoms with E-state index in [9.17, 15) is 18.9 Å². The molecule has 1 aliphatic heterocycles. The molecule has 2 rings (SSSR count). The van der Waals surface area contributed by atoms with Crippen LogP contribution in [0.4, 0.5) is 14.5 Å². The van der Waals surface area contributed by atoms with Crippen molar-refractivity contribution in [1.82, 2.24) is 0 Å². The van der Waals surface area contributed by atoms with Crippen LogP contribution in [-0.2, 0) is 4.74 Å². The van der Waals surface area contributed by atoms with Crippen LogP contribution in [0.1, 0.15) is 6.42 Å². The van der Waals surface area contributed by atoms with Gasteiger partial charge >= 0.3 is 6.61 Å². The summed E-state index contributed by atoms with van der Waals surface area (Å²) in [6.45, 7) is -2.20. The lowest BCUT2D eigenvalue weighted by Crippen LogP contribution is -2.17. The zero-order valence-electron chi connectivity index (χ0n) is 9.75. The van der Waals surface area contributed by atoms with Gasteiger partial charge in [0.05, 0.1) is 24.2 Å². The first-order valence-corrected chi connectivity index (χ1v) is 5.54. The number of rotatable bonds is 5. The van der Waals surface area contributed by atoms with Gasteiger partial charge in [0, 0.05) is 12.5 Å². The molecule has 0 amide bonds. The molecule has 1 aliphatic rings. The van der Waals surface area contributed by atoms with Crippen LogP contribution in [0.15, 0.2) is 18.2 Å². The molecule has 1 aromatic rings. The van der Waals surface area contributed by atoms with Crippen LogP contribution in [-0.4, -0.2) is 30.9 Å². The van der Waals surface area contributed by atoms with E-state index in [4.69, 9.17) is 9.47 Å². The van der Waals surface area contributed by atoms with Gasteiger partial charge in [-0.05, 0) is 6.07 Å². The van der Waals surface area contributed by atoms with E-state index >= 15 is 0 Å². The molecule has 0 saturated carbocycles. The van der Waals surface area contributed by atoms with Gasteiger partial charge in [0.25, 0.3) is 5.69 Å². The Bertz CT molecular complexity index is 462. The van der Waals surface area contributed by atoms with E-state index in [2.05, 4.69) is 4.74 Å². The van der Waals surface area contributed by atoms with E-state index in [-0.39, 0.29) is 23.3 Å². The number of benzene rings is 1. The number of hydrogen-bond donors (Lipinski definition) is 0. The number of ether oxygens (including phenoxy) is 3. The van der Waals surface area contributed by atoms with Crippen LogP contribution in [0.2, 0.25) is 0 Å². The molecular formula is C11H11F2NO5. The summed E-state index contributed by atoms with van der Waals surface area (Å²) in [5.74, 6) is -0.308. The molecule has 1 atom stereocenters. The van der Waals surface area contributed by atoms with Gasteiger partial charge in [-0.2, -0.15) is 8.78 Å². The molecule has 1 fully saturated rings. The second-order valence-electron chi connectivity index (χ2n) is 3.87. The molecule has 0 N–H and O–H groups in total. The third kappa shape index (κ3) is 3.50. The van der Waals surface area contributed by atoms with Gasteiger partial charge in [0.15, 0.2) is 11.5 Å². The van der Waals surface area contributed by atoms with Gasteiger partial charge in [0.2, 0.25) is 0 Å². The van der Waals surface area contributed by atoms with Crippen molar-refractivity contribution in [3.63, 3.8) is 0 Å². The van der Waals surface area contributed by atoms with Crippen LogP contribution < -0.4 is 9.47 Å². The molecular weight excluding hydrogens is 264 g/mol. The Labute approximate surface area is 107 Å². The van der Waals surface area contributed by atoms with Crippen LogP contribution in [0.5, 0.6) is 11.5 Å². The van der Waals surface area contributed by atoms with Gasteiger partial charge in [-0.15, -0.1) is 0 Å². The van der Waals surface area contributed by atoms with Crippen LogP contribution in [0.3, 0.4) is 0 Å². The molecule has 0 aromatic heterocycles. The maximum Gasteiger partial charge on any atom is 0.387 e. The van der Waals surface area contributed by atoms with Crippen molar-refractivity contribution in [3.8, 4) is 11.5 Å². The van der Waals surface area contributed by atoms with Gasteiger partial charge in [-0.25, -0.2) is 0 Å². The van der Waals surface area contributed by atoms with E-state index in [1.165, 1.54) is 0 Å². The summed E-state index contributed by atoms with van der Waals surface area (Å²) in [7, 11) is 0. The summed E-state index contributed by atoms with van der Waals surface area (Å²) in [6, 6.07) is 3.24. The van der Waals surface area contributed by atoms with E-state index in [0.717, 1.165) is 18.2 Å². The van der Waals surface area contributed by atoms with Crippen molar-refractivity contribution < 1.29 is 27.9 Å². The predicted octanol–water partition coefficient (Wildman–Crippen LogP) is 2.36. The smallest absolute Gasteiger partial charge is 0.387 e. The quantitative estimate of drug-likeness (QED) is 0.609. The summed E-state index contributed by atoms with van der Waals surface area (Å²) >= 11 is 0. The fourth-order valence-corrected chi connectivity index (χ4v) is 1.68. The molecule has 104 valence electrons. The first-order valence-electron chi connectivity index (χ1n) is 5.54. The van der Waals surface area contributed by atoms with E-state index in [1.807, 2.05) is 0 Å². The molecule has 0 bridgehead atoms. The highest BCUT2D eigenvalue weighted by Crippen LogP contribution is 2.34. The van der Waals surface area contributed by atoms with Crippen molar-refractivity contribution in [2.24, 2.45) is 0 Å². The standard InChI is InChI=1S/C11H11F2NO5/c12-11(13)19-9-2-1-7(14(15)16)5-10(9)18-8-3-4-17-6-8/h1-2,5,8,11H,3-4,6H2/t8-/m0/s1. The lowest BCUT2D eigenvalue weighted by molar-refractivity contribution is -0.385. The molecule has 1 saturated heterocycles. The number of alkyl halides is 2. The second-order valence-corrected chi connectivity index (χ2v) is 3.87. The van der Waals surface area contributed by atoms with Crippen molar-refractivity contribution in [1.29, 1.82) is 0 Å². The third-order valence-corrected chi connectivity index (χ3v) is 2.54. The van der Waals surface area contributed by atoms with E-state index < -0.39 is 11.5 Å². The fraction of sp³-hybridized carbons (Fsp3) is 0.455. The summed E-state index contributed by atoms with van der Waals surface area (Å²) < 4.78 is 39.2. The third-order valence-electron chi connectivity index (χ3n) is 2.54. The van der Waals surface area contributed by atoms with Crippen LogP contribution in [0, 0.1) is 10.1 Å². The zero-order chi connectivity index (χ0) is 13.8. The lowest BCUT2D eigenvalue weighted by Gasteiger charge is -2.15. The minimum Gasteiger partial charge on any atom is -0.484 e. The summed E-state index contributed by atoms with van der Waals surface area (Å²) in [4.78, 5) is 10.0. The topological polar surface area (TPSA) is 70.8 Å². The van der Waals surface area contributed by atoms with Crippen LogP contribution >= 0.6 is 0 Å². The van der Waals surface area contributed by atoms with Gasteiger partial charge in [-0.1, -0.05) is 0 Å². The number of hydrogen-bond acceptors (Lipinski definition) is 5. The molecule has 0 unspecified atom stereocenters. The monoisotopic (exact) mass is 275 g/mol. The Morgan fingerprint density at radius 1 is 1.42 bits per heavy atom. The second kappa shape index (κ2) is 5.79. The minimum absolute atomic E-state index is 0.0787. The van der Waals surface area contributed by atoms with Crippen molar-refractivity contribution in [2.75, 3.05) is 13.2 Å². The summed E-state index contributed by atoms with van der Waals surface area (Å²) in [5.41, 5.74) is -0.254. The van der Waals surface area contributed by atoms with Crippen molar-refractivity contribution in [2.45, 2.75) is 19.1 Å². The molecule has 19 heavy (non-hydrogen) atoms. The molecule has 1 heterocycles. The average molecular weight is 275 g/mol. The predicted molar refractivity (Wildman–Crippen MR) is 59.6 cm³/mol. The number of nitrogens with zero attached hydrogens (tertiary/aromatic N) is 1. The minimum atomic E-state index is -3.02. The Kier molecular flexibility index (Phi) is 4.10. The molecule has 6 nitrogen and oxygen atoms in total. The zero-order valence-corrected chi connectivity index (χ0v) is 9.75. The van der Waals surface area contributed by atoms with E-state index in [0.29, 0.717) is 19.6 Å². The Morgan fingerprint density at radius 2 is 2.21 bits per heavy atom. The van der Waals surface area contributed by atoms with Gasteiger partial charge in [0.1, 0.15) is 6.10 Å². The normalized spacial score (nSPS) is 18.6. The Hall–Kier alpha value is -1.96. The maximum atomic E-state index is 12.2. The van der Waals surface area contributed by atoms with Gasteiger partial charge in [-0.3, -0.25) is 10.1 Å². The van der Waals surface area contributed by atoms with Crippen LogP contribution in [0.25, 0.3) is 0 Å². The average Bonchev–Trinajstić information content (AvgIpc) is 2.83. The highest BCUT2D eigenvalue weighted by molar-refractivity contribution is 5.48. The SMILES string of the molecule is O=[N+]([O-])c1ccc(OC(F)F)c(O[C@H]2CCOC2)c1. The van der Waals surface area contributed by atoms with Crippen molar-refractivity contribution in [3.05, 3.63) is 28.3 Å². The summed E-state index contributed by atoms with van der Waals surface area (Å²) in [5, 5.41) is 10.7. The lowest BCUT2D eigenvalue weighted by atomic mass is 10.2. The molecule has 0 radical (unpaired) electrons. The molecule has 8 heteroatoms. The largest absolute Gasteiger partial charge is 0.484 e. The maximum absolute atomic E-state index is 12.2. The number of nitro benzene ring substituents is 1. The highest BCUT2D eigenvalue weighted by atomic mass is 19.3. The summed E-state index contributed by atoms with van der Waals surface area (Å²) in [6.07, 6.45) is 0.276. The highest BCUT2D eigenvalue weighted by Gasteiger charge is 2.22. The first kappa shape index (κ1) is 13.5. The first-order chi connectivity index (χ1) is 9.06. The molecule has 1 aromatic carbocycles.